The van der Waals surface area contributed by atoms with Crippen molar-refractivity contribution in [1.82, 2.24) is 4.31 Å². The molecule has 0 spiro atoms. The van der Waals surface area contributed by atoms with Gasteiger partial charge >= 0.3 is 10.2 Å². The first-order valence-corrected chi connectivity index (χ1v) is 8.77. The van der Waals surface area contributed by atoms with Crippen molar-refractivity contribution in [2.45, 2.75) is 19.8 Å². The zero-order valence-corrected chi connectivity index (χ0v) is 14.0. The molecule has 0 aliphatic carbocycles. The van der Waals surface area contributed by atoms with E-state index in [-0.39, 0.29) is 0 Å². The Balaban J connectivity index is 2.21. The van der Waals surface area contributed by atoms with Gasteiger partial charge in [-0.2, -0.15) is 12.7 Å². The number of nitrogens with one attached hydrogen (secondary N) is 1. The van der Waals surface area contributed by atoms with Gasteiger partial charge in [-0.05, 0) is 37.0 Å². The van der Waals surface area contributed by atoms with E-state index in [2.05, 4.69) is 27.6 Å². The molecule has 1 aliphatic rings. The molecule has 0 amide bonds. The lowest BCUT2D eigenvalue weighted by atomic mass is 10.0. The lowest BCUT2D eigenvalue weighted by Crippen LogP contribution is -2.42. The molecule has 0 radical (unpaired) electrons. The summed E-state index contributed by atoms with van der Waals surface area (Å²) in [6.07, 6.45) is 1.98. The van der Waals surface area contributed by atoms with Crippen LogP contribution in [0.5, 0.6) is 5.75 Å². The first-order valence-electron chi connectivity index (χ1n) is 6.54. The Hall–Kier alpha value is -0.790. The van der Waals surface area contributed by atoms with Crippen molar-refractivity contribution in [3.63, 3.8) is 0 Å². The molecule has 0 bridgehead atoms. The van der Waals surface area contributed by atoms with E-state index in [4.69, 9.17) is 4.74 Å². The van der Waals surface area contributed by atoms with Crippen LogP contribution in [0.4, 0.5) is 5.69 Å². The van der Waals surface area contributed by atoms with E-state index in [1.54, 1.807) is 18.2 Å². The van der Waals surface area contributed by atoms with E-state index in [1.807, 2.05) is 0 Å². The molecule has 1 N–H and O–H groups in total. The molecule has 1 saturated heterocycles. The van der Waals surface area contributed by atoms with E-state index >= 15 is 0 Å². The number of anilines is 1. The van der Waals surface area contributed by atoms with Crippen molar-refractivity contribution in [2.75, 3.05) is 24.9 Å². The van der Waals surface area contributed by atoms with Crippen molar-refractivity contribution >= 4 is 31.8 Å². The van der Waals surface area contributed by atoms with Gasteiger partial charge < -0.3 is 4.74 Å². The molecule has 20 heavy (non-hydrogen) atoms. The molecular weight excluding hydrogens is 344 g/mol. The van der Waals surface area contributed by atoms with Crippen molar-refractivity contribution in [2.24, 2.45) is 5.92 Å². The molecule has 1 aromatic carbocycles. The van der Waals surface area contributed by atoms with Crippen LogP contribution >= 0.6 is 15.9 Å². The van der Waals surface area contributed by atoms with Crippen LogP contribution in [-0.2, 0) is 10.2 Å². The van der Waals surface area contributed by atoms with E-state index in [0.717, 1.165) is 17.3 Å². The van der Waals surface area contributed by atoms with Crippen molar-refractivity contribution in [1.29, 1.82) is 0 Å². The quantitative estimate of drug-likeness (QED) is 0.895. The Morgan fingerprint density at radius 3 is 2.85 bits per heavy atom. The van der Waals surface area contributed by atoms with Gasteiger partial charge in [-0.25, -0.2) is 0 Å². The highest BCUT2D eigenvalue weighted by Crippen LogP contribution is 2.30. The Morgan fingerprint density at radius 1 is 1.45 bits per heavy atom. The topological polar surface area (TPSA) is 58.6 Å². The fourth-order valence-corrected chi connectivity index (χ4v) is 4.08. The number of nitrogens with zero attached hydrogens (tertiary/aromatic N) is 1. The molecule has 0 saturated carbocycles. The van der Waals surface area contributed by atoms with Crippen LogP contribution in [0.2, 0.25) is 0 Å². The third kappa shape index (κ3) is 3.65. The monoisotopic (exact) mass is 362 g/mol. The highest BCUT2D eigenvalue weighted by molar-refractivity contribution is 9.10. The van der Waals surface area contributed by atoms with E-state index < -0.39 is 10.2 Å². The molecule has 7 heteroatoms. The molecule has 1 unspecified atom stereocenters. The Labute approximate surface area is 128 Å². The number of rotatable bonds is 4. The maximum Gasteiger partial charge on any atom is 0.301 e. The lowest BCUT2D eigenvalue weighted by Gasteiger charge is -2.30. The van der Waals surface area contributed by atoms with E-state index in [9.17, 15) is 8.42 Å². The number of methoxy groups -OCH3 is 1. The zero-order valence-electron chi connectivity index (χ0n) is 11.6. The number of hydrogen-bond acceptors (Lipinski definition) is 3. The number of ether oxygens (including phenoxy) is 1. The predicted octanol–water partition coefficient (Wildman–Crippen LogP) is 2.85. The van der Waals surface area contributed by atoms with E-state index in [0.29, 0.717) is 30.4 Å². The zero-order chi connectivity index (χ0) is 14.8. The lowest BCUT2D eigenvalue weighted by molar-refractivity contribution is 0.282. The standard InChI is InChI=1S/C13H19BrN2O3S/c1-10-4-3-7-16(9-10)20(17,18)15-12-8-11(14)5-6-13(12)19-2/h5-6,8,10,15H,3-4,7,9H2,1-2H3. The highest BCUT2D eigenvalue weighted by Gasteiger charge is 2.27. The minimum atomic E-state index is -3.54. The molecule has 1 fully saturated rings. The summed E-state index contributed by atoms with van der Waals surface area (Å²) in [5.41, 5.74) is 0.445. The molecule has 1 aliphatic heterocycles. The third-order valence-corrected chi connectivity index (χ3v) is 5.34. The number of hydrogen-bond donors (Lipinski definition) is 1. The maximum absolute atomic E-state index is 12.4. The molecule has 0 aromatic heterocycles. The first-order chi connectivity index (χ1) is 9.42. The summed E-state index contributed by atoms with van der Waals surface area (Å²) in [7, 11) is -2.02. The molecule has 1 heterocycles. The summed E-state index contributed by atoms with van der Waals surface area (Å²) in [4.78, 5) is 0. The molecule has 1 atom stereocenters. The second-order valence-corrected chi connectivity index (χ2v) is 7.64. The van der Waals surface area contributed by atoms with Crippen LogP contribution in [0.3, 0.4) is 0 Å². The van der Waals surface area contributed by atoms with Crippen LogP contribution in [0, 0.1) is 5.92 Å². The first kappa shape index (κ1) is 15.6. The number of benzene rings is 1. The minimum absolute atomic E-state index is 0.393. The molecule has 112 valence electrons. The fourth-order valence-electron chi connectivity index (χ4n) is 2.33. The molecular formula is C13H19BrN2O3S. The number of halogens is 1. The van der Waals surface area contributed by atoms with Crippen molar-refractivity contribution in [3.8, 4) is 5.75 Å². The SMILES string of the molecule is COc1ccc(Br)cc1NS(=O)(=O)N1CCCC(C)C1. The second kappa shape index (κ2) is 6.32. The molecule has 2 rings (SSSR count). The normalized spacial score (nSPS) is 20.6. The van der Waals surface area contributed by atoms with Crippen LogP contribution < -0.4 is 9.46 Å². The van der Waals surface area contributed by atoms with Crippen LogP contribution in [0.25, 0.3) is 0 Å². The Bertz CT molecular complexity index is 577. The maximum atomic E-state index is 12.4. The summed E-state index contributed by atoms with van der Waals surface area (Å²) in [5, 5.41) is 0. The van der Waals surface area contributed by atoms with Gasteiger partial charge in [0.25, 0.3) is 0 Å². The molecule has 5 nitrogen and oxygen atoms in total. The van der Waals surface area contributed by atoms with Gasteiger partial charge in [0.2, 0.25) is 0 Å². The van der Waals surface area contributed by atoms with Gasteiger partial charge in [-0.15, -0.1) is 0 Å². The van der Waals surface area contributed by atoms with Gasteiger partial charge in [0.05, 0.1) is 12.8 Å². The Kier molecular flexibility index (Phi) is 4.93. The minimum Gasteiger partial charge on any atom is -0.495 e. The van der Waals surface area contributed by atoms with Crippen LogP contribution in [-0.4, -0.2) is 32.9 Å². The van der Waals surface area contributed by atoms with Crippen LogP contribution in [0.15, 0.2) is 22.7 Å². The fraction of sp³-hybridized carbons (Fsp3) is 0.538. The van der Waals surface area contributed by atoms with Crippen molar-refractivity contribution < 1.29 is 13.2 Å². The smallest absolute Gasteiger partial charge is 0.301 e. The largest absolute Gasteiger partial charge is 0.495 e. The summed E-state index contributed by atoms with van der Waals surface area (Å²) in [6.45, 7) is 3.20. The summed E-state index contributed by atoms with van der Waals surface area (Å²) in [5.74, 6) is 0.895. The average molecular weight is 363 g/mol. The Morgan fingerprint density at radius 2 is 2.20 bits per heavy atom. The van der Waals surface area contributed by atoms with E-state index in [1.165, 1.54) is 11.4 Å². The van der Waals surface area contributed by atoms with Gasteiger partial charge in [0.15, 0.2) is 0 Å². The van der Waals surface area contributed by atoms with Gasteiger partial charge in [-0.1, -0.05) is 22.9 Å². The van der Waals surface area contributed by atoms with Crippen molar-refractivity contribution in [3.05, 3.63) is 22.7 Å². The van der Waals surface area contributed by atoms with Crippen LogP contribution in [0.1, 0.15) is 19.8 Å². The predicted molar refractivity (Wildman–Crippen MR) is 83.2 cm³/mol. The number of piperidine rings is 1. The van der Waals surface area contributed by atoms with Gasteiger partial charge in [-0.3, -0.25) is 4.72 Å². The molecule has 1 aromatic rings. The van der Waals surface area contributed by atoms with Gasteiger partial charge in [0, 0.05) is 17.6 Å². The summed E-state index contributed by atoms with van der Waals surface area (Å²) >= 11 is 3.33. The summed E-state index contributed by atoms with van der Waals surface area (Å²) in [6, 6.07) is 5.23. The van der Waals surface area contributed by atoms with Gasteiger partial charge in [0.1, 0.15) is 5.75 Å². The second-order valence-electron chi connectivity index (χ2n) is 5.06. The third-order valence-electron chi connectivity index (χ3n) is 3.36. The average Bonchev–Trinajstić information content (AvgIpc) is 2.38. The highest BCUT2D eigenvalue weighted by atomic mass is 79.9. The summed E-state index contributed by atoms with van der Waals surface area (Å²) < 4.78 is 34.9.